The number of esters is 1. The van der Waals surface area contributed by atoms with Crippen LogP contribution in [0, 0.1) is 0 Å². The van der Waals surface area contributed by atoms with Gasteiger partial charge in [-0.1, -0.05) is 6.08 Å². The van der Waals surface area contributed by atoms with Crippen LogP contribution in [-0.2, 0) is 19.0 Å². The molecule has 0 spiro atoms. The van der Waals surface area contributed by atoms with Gasteiger partial charge in [0.1, 0.15) is 6.61 Å². The van der Waals surface area contributed by atoms with Crippen molar-refractivity contribution in [1.29, 1.82) is 0 Å². The number of aliphatic hydroxyl groups excluding tert-OH is 1. The van der Waals surface area contributed by atoms with Crippen molar-refractivity contribution in [3.63, 3.8) is 0 Å². The van der Waals surface area contributed by atoms with Gasteiger partial charge in [-0.25, -0.2) is 4.79 Å². The second kappa shape index (κ2) is 5.43. The van der Waals surface area contributed by atoms with Crippen molar-refractivity contribution in [3.05, 3.63) is 11.6 Å². The van der Waals surface area contributed by atoms with E-state index in [-0.39, 0.29) is 31.4 Å². The second-order valence-corrected chi connectivity index (χ2v) is 3.94. The molecule has 2 unspecified atom stereocenters. The van der Waals surface area contributed by atoms with E-state index in [9.17, 15) is 4.79 Å². The third-order valence-corrected chi connectivity index (χ3v) is 2.47. The van der Waals surface area contributed by atoms with Crippen LogP contribution in [0.2, 0.25) is 0 Å². The van der Waals surface area contributed by atoms with E-state index in [4.69, 9.17) is 19.3 Å². The van der Waals surface area contributed by atoms with Gasteiger partial charge in [-0.2, -0.15) is 0 Å². The average Bonchev–Trinajstić information content (AvgIpc) is 3.14. The lowest BCUT2D eigenvalue weighted by Gasteiger charge is -2.05. The Labute approximate surface area is 94.0 Å². The summed E-state index contributed by atoms with van der Waals surface area (Å²) < 4.78 is 15.0. The third kappa shape index (κ3) is 3.92. The van der Waals surface area contributed by atoms with Gasteiger partial charge in [-0.15, -0.1) is 0 Å². The first-order valence-electron chi connectivity index (χ1n) is 5.50. The summed E-state index contributed by atoms with van der Waals surface area (Å²) in [5.74, 6) is -0.356. The molecule has 1 N–H and O–H groups in total. The molecular formula is C11H16O5. The van der Waals surface area contributed by atoms with Crippen LogP contribution < -0.4 is 0 Å². The summed E-state index contributed by atoms with van der Waals surface area (Å²) in [6.45, 7) is 1.38. The molecule has 2 saturated heterocycles. The number of epoxide rings is 2. The molecule has 5 heteroatoms. The monoisotopic (exact) mass is 228 g/mol. The van der Waals surface area contributed by atoms with Gasteiger partial charge in [0.2, 0.25) is 0 Å². The summed E-state index contributed by atoms with van der Waals surface area (Å²) >= 11 is 0. The zero-order chi connectivity index (χ0) is 11.4. The van der Waals surface area contributed by atoms with Crippen LogP contribution in [-0.4, -0.2) is 49.7 Å². The molecule has 2 heterocycles. The Bertz CT molecular complexity index is 278. The van der Waals surface area contributed by atoms with E-state index in [2.05, 4.69) is 0 Å². The molecule has 0 amide bonds. The second-order valence-electron chi connectivity index (χ2n) is 3.94. The summed E-state index contributed by atoms with van der Waals surface area (Å²) in [4.78, 5) is 11.6. The lowest BCUT2D eigenvalue weighted by atomic mass is 10.1. The van der Waals surface area contributed by atoms with Crippen LogP contribution in [0.3, 0.4) is 0 Å². The van der Waals surface area contributed by atoms with Crippen molar-refractivity contribution >= 4 is 5.97 Å². The average molecular weight is 228 g/mol. The van der Waals surface area contributed by atoms with E-state index in [0.717, 1.165) is 13.0 Å². The maximum atomic E-state index is 11.6. The Balaban J connectivity index is 1.83. The van der Waals surface area contributed by atoms with Crippen molar-refractivity contribution in [2.75, 3.05) is 26.4 Å². The Kier molecular flexibility index (Phi) is 3.93. The first-order chi connectivity index (χ1) is 7.79. The molecule has 2 fully saturated rings. The lowest BCUT2D eigenvalue weighted by Crippen LogP contribution is -2.12. The molecule has 0 aromatic carbocycles. The number of carbonyl (C=O) groups excluding carboxylic acids is 1. The van der Waals surface area contributed by atoms with Gasteiger partial charge in [0.25, 0.3) is 0 Å². The predicted molar refractivity (Wildman–Crippen MR) is 54.8 cm³/mol. The fourth-order valence-corrected chi connectivity index (χ4v) is 1.39. The number of hydrogen-bond donors (Lipinski definition) is 1. The standard InChI is InChI=1S/C11H16O5/c12-3-4-14-11(13)8(5-10-7-16-10)1-2-9-6-15-9/h1,9-10,12H,2-7H2/b8-1-. The van der Waals surface area contributed by atoms with E-state index in [1.54, 1.807) is 0 Å². The highest BCUT2D eigenvalue weighted by molar-refractivity contribution is 5.88. The number of ether oxygens (including phenoxy) is 3. The van der Waals surface area contributed by atoms with Gasteiger partial charge >= 0.3 is 5.97 Å². The number of rotatable bonds is 7. The predicted octanol–water partition coefficient (Wildman–Crippen LogP) is 0.0261. The summed E-state index contributed by atoms with van der Waals surface area (Å²) in [6, 6.07) is 0. The lowest BCUT2D eigenvalue weighted by molar-refractivity contribution is -0.140. The maximum absolute atomic E-state index is 11.6. The van der Waals surface area contributed by atoms with Gasteiger partial charge in [0.05, 0.1) is 32.0 Å². The van der Waals surface area contributed by atoms with Gasteiger partial charge in [-0.3, -0.25) is 0 Å². The molecule has 90 valence electrons. The van der Waals surface area contributed by atoms with Crippen molar-refractivity contribution in [3.8, 4) is 0 Å². The maximum Gasteiger partial charge on any atom is 0.333 e. The van der Waals surface area contributed by atoms with Crippen LogP contribution in [0.4, 0.5) is 0 Å². The highest BCUT2D eigenvalue weighted by atomic mass is 16.6. The first-order valence-corrected chi connectivity index (χ1v) is 5.50. The fraction of sp³-hybridized carbons (Fsp3) is 0.727. The summed E-state index contributed by atoms with van der Waals surface area (Å²) in [7, 11) is 0. The van der Waals surface area contributed by atoms with Gasteiger partial charge in [-0.05, 0) is 6.42 Å². The molecule has 2 atom stereocenters. The third-order valence-electron chi connectivity index (χ3n) is 2.47. The zero-order valence-electron chi connectivity index (χ0n) is 9.05. The van der Waals surface area contributed by atoms with Crippen molar-refractivity contribution in [2.45, 2.75) is 25.0 Å². The molecule has 0 bridgehead atoms. The van der Waals surface area contributed by atoms with E-state index >= 15 is 0 Å². The van der Waals surface area contributed by atoms with Gasteiger partial charge in [0.15, 0.2) is 0 Å². The van der Waals surface area contributed by atoms with Crippen molar-refractivity contribution in [1.82, 2.24) is 0 Å². The summed E-state index contributed by atoms with van der Waals surface area (Å²) in [6.07, 6.45) is 3.63. The molecule has 0 aromatic heterocycles. The zero-order valence-corrected chi connectivity index (χ0v) is 9.05. The van der Waals surface area contributed by atoms with Crippen LogP contribution in [0.1, 0.15) is 12.8 Å². The molecule has 2 aliphatic rings. The molecule has 0 radical (unpaired) electrons. The first kappa shape index (κ1) is 11.6. The molecule has 0 aliphatic carbocycles. The Morgan fingerprint density at radius 2 is 2.06 bits per heavy atom. The van der Waals surface area contributed by atoms with Crippen molar-refractivity contribution < 1.29 is 24.1 Å². The normalized spacial score (nSPS) is 27.7. The molecule has 16 heavy (non-hydrogen) atoms. The van der Waals surface area contributed by atoms with Gasteiger partial charge in [0, 0.05) is 12.0 Å². The summed E-state index contributed by atoms with van der Waals surface area (Å²) in [5.41, 5.74) is 0.631. The van der Waals surface area contributed by atoms with Crippen molar-refractivity contribution in [2.24, 2.45) is 0 Å². The Morgan fingerprint density at radius 3 is 2.62 bits per heavy atom. The minimum Gasteiger partial charge on any atom is -0.460 e. The molecule has 2 aliphatic heterocycles. The Hall–Kier alpha value is -0.910. The highest BCUT2D eigenvalue weighted by Gasteiger charge is 2.28. The van der Waals surface area contributed by atoms with Gasteiger partial charge < -0.3 is 19.3 Å². The molecule has 2 rings (SSSR count). The Morgan fingerprint density at radius 1 is 1.38 bits per heavy atom. The number of carbonyl (C=O) groups is 1. The SMILES string of the molecule is O=C(OCCO)/C(=C\CC1CO1)CC1CO1. The molecule has 0 saturated carbocycles. The fourth-order valence-electron chi connectivity index (χ4n) is 1.39. The minimum absolute atomic E-state index is 0.0433. The number of aliphatic hydroxyl groups is 1. The van der Waals surface area contributed by atoms with Crippen LogP contribution >= 0.6 is 0 Å². The largest absolute Gasteiger partial charge is 0.460 e. The molecule has 5 nitrogen and oxygen atoms in total. The highest BCUT2D eigenvalue weighted by Crippen LogP contribution is 2.22. The topological polar surface area (TPSA) is 71.6 Å². The minimum atomic E-state index is -0.356. The van der Waals surface area contributed by atoms with E-state index < -0.39 is 0 Å². The van der Waals surface area contributed by atoms with E-state index in [1.165, 1.54) is 0 Å². The quantitative estimate of drug-likeness (QED) is 0.378. The summed E-state index contributed by atoms with van der Waals surface area (Å²) in [5, 5.41) is 8.58. The van der Waals surface area contributed by atoms with E-state index in [0.29, 0.717) is 18.6 Å². The van der Waals surface area contributed by atoms with E-state index in [1.807, 2.05) is 6.08 Å². The molecular weight excluding hydrogens is 212 g/mol. The van der Waals surface area contributed by atoms with Crippen LogP contribution in [0.15, 0.2) is 11.6 Å². The van der Waals surface area contributed by atoms with Crippen LogP contribution in [0.25, 0.3) is 0 Å². The van der Waals surface area contributed by atoms with Crippen LogP contribution in [0.5, 0.6) is 0 Å². The molecule has 0 aromatic rings. The number of hydrogen-bond acceptors (Lipinski definition) is 5. The smallest absolute Gasteiger partial charge is 0.333 e.